The van der Waals surface area contributed by atoms with Gasteiger partial charge < -0.3 is 20.7 Å². The second-order valence-electron chi connectivity index (χ2n) is 5.77. The average molecular weight is 351 g/mol. The van der Waals surface area contributed by atoms with Crippen molar-refractivity contribution in [3.8, 4) is 5.75 Å². The molecule has 3 rings (SSSR count). The third kappa shape index (κ3) is 3.27. The fourth-order valence-corrected chi connectivity index (χ4v) is 2.77. The summed E-state index contributed by atoms with van der Waals surface area (Å²) >= 11 is 0. The van der Waals surface area contributed by atoms with Crippen LogP contribution in [0.15, 0.2) is 59.4 Å². The summed E-state index contributed by atoms with van der Waals surface area (Å²) in [7, 11) is 0. The predicted molar refractivity (Wildman–Crippen MR) is 96.9 cm³/mol. The lowest BCUT2D eigenvalue weighted by atomic mass is 10.1. The molecule has 4 N–H and O–H groups in total. The molecule has 0 saturated carbocycles. The zero-order chi connectivity index (χ0) is 18.7. The fourth-order valence-electron chi connectivity index (χ4n) is 2.77. The monoisotopic (exact) mass is 351 g/mol. The zero-order valence-electron chi connectivity index (χ0n) is 13.8. The first-order chi connectivity index (χ1) is 12.5. The van der Waals surface area contributed by atoms with Crippen LogP contribution in [-0.4, -0.2) is 28.0 Å². The highest BCUT2D eigenvalue weighted by atomic mass is 16.3. The number of amides is 2. The summed E-state index contributed by atoms with van der Waals surface area (Å²) in [6.07, 6.45) is 0. The lowest BCUT2D eigenvalue weighted by molar-refractivity contribution is -0.117. The molecular weight excluding hydrogens is 334 g/mol. The Labute approximate surface area is 148 Å². The average Bonchev–Trinajstić information content (AvgIpc) is 2.64. The highest BCUT2D eigenvalue weighted by Crippen LogP contribution is 2.26. The number of benzene rings is 2. The first kappa shape index (κ1) is 17.2. The third-order valence-electron chi connectivity index (χ3n) is 3.98. The van der Waals surface area contributed by atoms with Crippen LogP contribution in [0.4, 0.5) is 0 Å². The molecule has 132 valence electrons. The van der Waals surface area contributed by atoms with E-state index in [1.807, 2.05) is 30.3 Å². The van der Waals surface area contributed by atoms with Gasteiger partial charge in [-0.3, -0.25) is 14.4 Å². The number of aromatic nitrogens is 1. The molecule has 1 heterocycles. The second kappa shape index (κ2) is 7.10. The molecule has 0 spiro atoms. The molecule has 26 heavy (non-hydrogen) atoms. The van der Waals surface area contributed by atoms with Crippen LogP contribution in [0.5, 0.6) is 5.75 Å². The number of fused-ring (bicyclic) bond motifs is 1. The minimum absolute atomic E-state index is 0.233. The van der Waals surface area contributed by atoms with Gasteiger partial charge in [-0.15, -0.1) is 0 Å². The number of carbonyl (C=O) groups excluding carboxylic acids is 2. The quantitative estimate of drug-likeness (QED) is 0.635. The summed E-state index contributed by atoms with van der Waals surface area (Å²) < 4.78 is 1.42. The van der Waals surface area contributed by atoms with Crippen molar-refractivity contribution in [1.29, 1.82) is 0 Å². The maximum atomic E-state index is 12.9. The number of hydrogen-bond acceptors (Lipinski definition) is 4. The molecule has 0 saturated heterocycles. The van der Waals surface area contributed by atoms with Crippen LogP contribution in [-0.2, 0) is 11.3 Å². The van der Waals surface area contributed by atoms with E-state index in [2.05, 4.69) is 5.32 Å². The molecule has 0 atom stereocenters. The zero-order valence-corrected chi connectivity index (χ0v) is 13.8. The molecule has 0 aliphatic carbocycles. The number of pyridine rings is 1. The SMILES string of the molecule is NC(=O)CNC(=O)c1c(O)c2ccccc2n(Cc2ccccc2)c1=O. The molecule has 7 nitrogen and oxygen atoms in total. The molecule has 3 aromatic rings. The van der Waals surface area contributed by atoms with Crippen LogP contribution in [0.2, 0.25) is 0 Å². The van der Waals surface area contributed by atoms with E-state index < -0.39 is 35.2 Å². The van der Waals surface area contributed by atoms with Gasteiger partial charge in [-0.1, -0.05) is 42.5 Å². The third-order valence-corrected chi connectivity index (χ3v) is 3.98. The van der Waals surface area contributed by atoms with Crippen LogP contribution in [0.3, 0.4) is 0 Å². The fraction of sp³-hybridized carbons (Fsp3) is 0.105. The first-order valence-corrected chi connectivity index (χ1v) is 7.94. The van der Waals surface area contributed by atoms with Gasteiger partial charge in [0.05, 0.1) is 18.6 Å². The van der Waals surface area contributed by atoms with Crippen LogP contribution >= 0.6 is 0 Å². The van der Waals surface area contributed by atoms with E-state index in [0.29, 0.717) is 10.9 Å². The van der Waals surface area contributed by atoms with Crippen LogP contribution in [0.1, 0.15) is 15.9 Å². The van der Waals surface area contributed by atoms with Crippen molar-refractivity contribution in [2.24, 2.45) is 5.73 Å². The van der Waals surface area contributed by atoms with Gasteiger partial charge in [-0.25, -0.2) is 0 Å². The van der Waals surface area contributed by atoms with E-state index >= 15 is 0 Å². The molecule has 2 aromatic carbocycles. The Morgan fingerprint density at radius 3 is 2.38 bits per heavy atom. The van der Waals surface area contributed by atoms with Crippen LogP contribution in [0, 0.1) is 0 Å². The minimum Gasteiger partial charge on any atom is -0.506 e. The van der Waals surface area contributed by atoms with Gasteiger partial charge in [0.2, 0.25) is 5.91 Å². The summed E-state index contributed by atoms with van der Waals surface area (Å²) in [6.45, 7) is -0.195. The molecule has 0 unspecified atom stereocenters. The topological polar surface area (TPSA) is 114 Å². The minimum atomic E-state index is -0.848. The summed E-state index contributed by atoms with van der Waals surface area (Å²) in [4.78, 5) is 36.2. The number of para-hydroxylation sites is 1. The van der Waals surface area contributed by atoms with Gasteiger partial charge in [0.15, 0.2) is 0 Å². The smallest absolute Gasteiger partial charge is 0.268 e. The molecule has 0 aliphatic heterocycles. The Bertz CT molecular complexity index is 1040. The summed E-state index contributed by atoms with van der Waals surface area (Å²) in [5.74, 6) is -2.01. The highest BCUT2D eigenvalue weighted by molar-refractivity contribution is 6.03. The number of primary amides is 1. The number of nitrogens with one attached hydrogen (secondary N) is 1. The number of nitrogens with two attached hydrogens (primary N) is 1. The summed E-state index contributed by atoms with van der Waals surface area (Å²) in [5.41, 5.74) is 5.33. The normalized spacial score (nSPS) is 10.6. The van der Waals surface area contributed by atoms with E-state index in [1.54, 1.807) is 24.3 Å². The van der Waals surface area contributed by atoms with Gasteiger partial charge in [-0.2, -0.15) is 0 Å². The van der Waals surface area contributed by atoms with Gasteiger partial charge in [0.25, 0.3) is 11.5 Å². The first-order valence-electron chi connectivity index (χ1n) is 7.94. The summed E-state index contributed by atoms with van der Waals surface area (Å²) in [6, 6.07) is 16.1. The molecule has 2 amide bonds. The predicted octanol–water partition coefficient (Wildman–Crippen LogP) is 0.970. The molecule has 0 radical (unpaired) electrons. The number of hydrogen-bond donors (Lipinski definition) is 3. The van der Waals surface area contributed by atoms with Crippen molar-refractivity contribution in [1.82, 2.24) is 9.88 Å². The Hall–Kier alpha value is -3.61. The van der Waals surface area contributed by atoms with Gasteiger partial charge in [-0.05, 0) is 17.7 Å². The van der Waals surface area contributed by atoms with Crippen molar-refractivity contribution >= 4 is 22.7 Å². The maximum Gasteiger partial charge on any atom is 0.268 e. The van der Waals surface area contributed by atoms with Gasteiger partial charge >= 0.3 is 0 Å². The highest BCUT2D eigenvalue weighted by Gasteiger charge is 2.22. The lowest BCUT2D eigenvalue weighted by Crippen LogP contribution is -2.37. The van der Waals surface area contributed by atoms with Crippen molar-refractivity contribution in [3.63, 3.8) is 0 Å². The summed E-state index contributed by atoms with van der Waals surface area (Å²) in [5, 5.41) is 13.1. The Morgan fingerprint density at radius 1 is 1.04 bits per heavy atom. The Morgan fingerprint density at radius 2 is 1.69 bits per heavy atom. The van der Waals surface area contributed by atoms with E-state index in [1.165, 1.54) is 4.57 Å². The van der Waals surface area contributed by atoms with E-state index in [9.17, 15) is 19.5 Å². The number of aromatic hydroxyl groups is 1. The number of rotatable bonds is 5. The van der Waals surface area contributed by atoms with Crippen molar-refractivity contribution in [2.45, 2.75) is 6.54 Å². The van der Waals surface area contributed by atoms with Gasteiger partial charge in [0, 0.05) is 5.39 Å². The molecular formula is C19H17N3O4. The van der Waals surface area contributed by atoms with Crippen molar-refractivity contribution < 1.29 is 14.7 Å². The molecule has 7 heteroatoms. The standard InChI is InChI=1S/C19H17N3O4/c20-15(23)10-21-18(25)16-17(24)13-8-4-5-9-14(13)22(19(16)26)11-12-6-2-1-3-7-12/h1-9,24H,10-11H2,(H2,20,23)(H,21,25). The lowest BCUT2D eigenvalue weighted by Gasteiger charge is -2.15. The molecule has 1 aromatic heterocycles. The van der Waals surface area contributed by atoms with E-state index in [0.717, 1.165) is 5.56 Å². The molecule has 0 fully saturated rings. The second-order valence-corrected chi connectivity index (χ2v) is 5.77. The molecule has 0 bridgehead atoms. The largest absolute Gasteiger partial charge is 0.506 e. The Kier molecular flexibility index (Phi) is 4.70. The van der Waals surface area contributed by atoms with E-state index in [-0.39, 0.29) is 6.54 Å². The molecule has 0 aliphatic rings. The van der Waals surface area contributed by atoms with Crippen LogP contribution < -0.4 is 16.6 Å². The van der Waals surface area contributed by atoms with Crippen LogP contribution in [0.25, 0.3) is 10.9 Å². The van der Waals surface area contributed by atoms with E-state index in [4.69, 9.17) is 5.73 Å². The number of carbonyl (C=O) groups is 2. The van der Waals surface area contributed by atoms with Crippen molar-refractivity contribution in [3.05, 3.63) is 76.1 Å². The Balaban J connectivity index is 2.18. The van der Waals surface area contributed by atoms with Crippen molar-refractivity contribution in [2.75, 3.05) is 6.54 Å². The maximum absolute atomic E-state index is 12.9. The number of nitrogens with zero attached hydrogens (tertiary/aromatic N) is 1. The van der Waals surface area contributed by atoms with Gasteiger partial charge in [0.1, 0.15) is 11.3 Å².